The van der Waals surface area contributed by atoms with Crippen LogP contribution in [0, 0.1) is 0 Å². The fraction of sp³-hybridized carbons (Fsp3) is 0.182. The molecule has 1 aliphatic heterocycles. The number of carbonyl (C=O) groups excluding carboxylic acids is 3. The van der Waals surface area contributed by atoms with Crippen LogP contribution >= 0.6 is 0 Å². The third kappa shape index (κ3) is 5.94. The van der Waals surface area contributed by atoms with Gasteiger partial charge in [0.05, 0.1) is 30.2 Å². The van der Waals surface area contributed by atoms with E-state index in [0.29, 0.717) is 27.7 Å². The number of hydroxylamine groups is 2. The number of rotatable bonds is 9. The van der Waals surface area contributed by atoms with Crippen molar-refractivity contribution in [2.75, 3.05) is 7.11 Å². The number of hydrogen-bond donors (Lipinski definition) is 0. The molecule has 0 bridgehead atoms. The average Bonchev–Trinajstić information content (AvgIpc) is 3.70. The molecule has 10 heteroatoms. The van der Waals surface area contributed by atoms with Crippen LogP contribution < -0.4 is 9.57 Å². The fourth-order valence-electron chi connectivity index (χ4n) is 4.52. The molecule has 0 spiro atoms. The Balaban J connectivity index is 0.000000682. The summed E-state index contributed by atoms with van der Waals surface area (Å²) in [5, 5.41) is 8.98. The number of ketones is 1. The number of benzene rings is 3. The van der Waals surface area contributed by atoms with Crippen molar-refractivity contribution >= 4 is 29.0 Å². The molecule has 43 heavy (non-hydrogen) atoms. The number of amides is 2. The van der Waals surface area contributed by atoms with E-state index in [4.69, 9.17) is 18.7 Å². The van der Waals surface area contributed by atoms with E-state index < -0.39 is 17.6 Å². The predicted octanol–water partition coefficient (Wildman–Crippen LogP) is 8.15. The number of azo groups is 1. The summed E-state index contributed by atoms with van der Waals surface area (Å²) in [6.45, 7) is 4.42. The van der Waals surface area contributed by atoms with Crippen molar-refractivity contribution in [2.45, 2.75) is 33.1 Å². The lowest BCUT2D eigenvalue weighted by molar-refractivity contribution is -0.0140. The highest BCUT2D eigenvalue weighted by atomic mass is 16.7. The molecule has 4 aromatic rings. The highest BCUT2D eigenvalue weighted by molar-refractivity contribution is 6.23. The number of nitrogens with zero attached hydrogens (tertiary/aromatic N) is 3. The van der Waals surface area contributed by atoms with E-state index in [1.165, 1.54) is 44.8 Å². The molecule has 0 saturated carbocycles. The Morgan fingerprint density at radius 2 is 1.56 bits per heavy atom. The normalized spacial score (nSPS) is 13.7. The van der Waals surface area contributed by atoms with Gasteiger partial charge in [-0.15, -0.1) is 10.2 Å². The number of methoxy groups -OCH3 is 1. The summed E-state index contributed by atoms with van der Waals surface area (Å²) >= 11 is 0. The van der Waals surface area contributed by atoms with Gasteiger partial charge < -0.3 is 18.7 Å². The van der Waals surface area contributed by atoms with Crippen LogP contribution in [0.1, 0.15) is 69.7 Å². The van der Waals surface area contributed by atoms with E-state index in [1.807, 2.05) is 0 Å². The minimum absolute atomic E-state index is 0.0221. The van der Waals surface area contributed by atoms with Crippen molar-refractivity contribution in [2.24, 2.45) is 10.2 Å². The van der Waals surface area contributed by atoms with Gasteiger partial charge in [-0.1, -0.05) is 62.4 Å². The summed E-state index contributed by atoms with van der Waals surface area (Å²) in [5.41, 5.74) is 1.02. The lowest BCUT2D eigenvalue weighted by atomic mass is 10.1. The van der Waals surface area contributed by atoms with Gasteiger partial charge in [0.1, 0.15) is 5.75 Å². The molecule has 6 rings (SSSR count). The Kier molecular flexibility index (Phi) is 8.76. The minimum atomic E-state index is -0.690. The lowest BCUT2D eigenvalue weighted by Gasteiger charge is -2.13. The Morgan fingerprint density at radius 3 is 2.23 bits per heavy atom. The topological polar surface area (TPSA) is 120 Å². The maximum atomic E-state index is 13.2. The second-order valence-corrected chi connectivity index (χ2v) is 9.51. The molecule has 2 amide bonds. The van der Waals surface area contributed by atoms with Crippen LogP contribution in [0.4, 0.5) is 5.69 Å². The third-order valence-electron chi connectivity index (χ3n) is 6.59. The number of carbonyl (C=O) groups is 3. The Morgan fingerprint density at radius 1 is 0.767 bits per heavy atom. The molecule has 0 fully saturated rings. The zero-order chi connectivity index (χ0) is 30.3. The van der Waals surface area contributed by atoms with E-state index in [9.17, 15) is 14.4 Å². The lowest BCUT2D eigenvalue weighted by Crippen LogP contribution is -2.33. The summed E-state index contributed by atoms with van der Waals surface area (Å²) < 4.78 is 16.3. The van der Waals surface area contributed by atoms with Crippen molar-refractivity contribution in [1.29, 1.82) is 0 Å². The molecule has 0 unspecified atom stereocenters. The molecular weight excluding hydrogens is 550 g/mol. The maximum Gasteiger partial charge on any atom is 0.297 e. The summed E-state index contributed by atoms with van der Waals surface area (Å²) in [5.74, 6) is -0.537. The molecule has 10 nitrogen and oxygen atoms in total. The Hall–Kier alpha value is -5.51. The number of hydrogen-bond acceptors (Lipinski definition) is 9. The number of imide groups is 1. The molecule has 2 aliphatic rings. The van der Waals surface area contributed by atoms with Gasteiger partial charge in [0.2, 0.25) is 5.78 Å². The van der Waals surface area contributed by atoms with Crippen LogP contribution in [0.25, 0.3) is 5.76 Å². The molecule has 2 heterocycles. The monoisotopic (exact) mass is 579 g/mol. The van der Waals surface area contributed by atoms with Gasteiger partial charge in [-0.3, -0.25) is 14.4 Å². The third-order valence-corrected chi connectivity index (χ3v) is 6.59. The first-order valence-corrected chi connectivity index (χ1v) is 13.8. The number of unbranched alkanes of at least 4 members (excludes halogenated alkanes) is 2. The van der Waals surface area contributed by atoms with E-state index in [2.05, 4.69) is 24.1 Å². The van der Waals surface area contributed by atoms with Crippen LogP contribution in [-0.2, 0) is 4.74 Å². The Bertz CT molecular complexity index is 1710. The van der Waals surface area contributed by atoms with Crippen molar-refractivity contribution in [3.05, 3.63) is 113 Å². The van der Waals surface area contributed by atoms with E-state index >= 15 is 0 Å². The highest BCUT2D eigenvalue weighted by Crippen LogP contribution is 2.38. The number of allylic oxidation sites excluding steroid dienone is 1. The molecule has 1 aliphatic carbocycles. The van der Waals surface area contributed by atoms with E-state index in [-0.39, 0.29) is 34.2 Å². The van der Waals surface area contributed by atoms with Gasteiger partial charge in [-0.2, -0.15) is 0 Å². The largest absolute Gasteiger partial charge is 0.494 e. The van der Waals surface area contributed by atoms with Gasteiger partial charge in [-0.05, 0) is 48.5 Å². The minimum Gasteiger partial charge on any atom is -0.494 e. The molecule has 0 saturated heterocycles. The van der Waals surface area contributed by atoms with Crippen LogP contribution in [0.2, 0.25) is 0 Å². The fourth-order valence-corrected chi connectivity index (χ4v) is 4.52. The number of Topliss-reactive ketones (excluding diaryl/α,β-unsaturated/α-hetero) is 1. The summed E-state index contributed by atoms with van der Waals surface area (Å²) in [4.78, 5) is 44.7. The molecule has 3 aromatic carbocycles. The van der Waals surface area contributed by atoms with E-state index in [1.54, 1.807) is 66.7 Å². The van der Waals surface area contributed by atoms with Crippen molar-refractivity contribution in [3.8, 4) is 17.4 Å². The van der Waals surface area contributed by atoms with Gasteiger partial charge in [0, 0.05) is 17.2 Å². The zero-order valence-corrected chi connectivity index (χ0v) is 23.9. The van der Waals surface area contributed by atoms with Gasteiger partial charge in [0.15, 0.2) is 17.2 Å². The SMILES string of the molecule is CCCCC.COC1=C(N=Nc2cccc3c2C(=O)N(Oc2ccccc2)C3=O)C(=O)c2cc(Oc3ccco3)ccc21. The standard InChI is InChI=1S/C28H17N3O7.C5H12/c1-35-26-18-13-12-17(37-22-11-6-14-36-22)15-20(18)25(32)24(26)30-29-21-10-5-9-19-23(21)28(34)31(27(19)33)38-16-7-3-2-4-8-16;1-3-5-4-2/h2-15H,1H3;3-5H2,1-2H3. The van der Waals surface area contributed by atoms with Gasteiger partial charge in [0.25, 0.3) is 17.8 Å². The molecular formula is C33H29N3O7. The van der Waals surface area contributed by atoms with Crippen molar-refractivity contribution in [1.82, 2.24) is 5.06 Å². The summed E-state index contributed by atoms with van der Waals surface area (Å²) in [6.07, 6.45) is 5.55. The molecule has 0 N–H and O–H groups in total. The number of para-hydroxylation sites is 1. The number of fused-ring (bicyclic) bond motifs is 2. The smallest absolute Gasteiger partial charge is 0.297 e. The summed E-state index contributed by atoms with van der Waals surface area (Å²) in [7, 11) is 1.42. The van der Waals surface area contributed by atoms with Crippen LogP contribution in [0.5, 0.6) is 17.4 Å². The molecule has 218 valence electrons. The maximum absolute atomic E-state index is 13.2. The average molecular weight is 580 g/mol. The van der Waals surface area contributed by atoms with Gasteiger partial charge >= 0.3 is 0 Å². The zero-order valence-electron chi connectivity index (χ0n) is 23.9. The van der Waals surface area contributed by atoms with Gasteiger partial charge in [-0.25, -0.2) is 0 Å². The molecule has 1 aromatic heterocycles. The van der Waals surface area contributed by atoms with E-state index in [0.717, 1.165) is 0 Å². The van der Waals surface area contributed by atoms with Crippen LogP contribution in [0.15, 0.2) is 105 Å². The predicted molar refractivity (Wildman–Crippen MR) is 157 cm³/mol. The number of ether oxygens (including phenoxy) is 2. The first kappa shape index (κ1) is 29.0. The first-order valence-electron chi connectivity index (χ1n) is 13.8. The summed E-state index contributed by atoms with van der Waals surface area (Å²) in [6, 6.07) is 21.3. The second kappa shape index (κ2) is 13.0. The van der Waals surface area contributed by atoms with Crippen molar-refractivity contribution < 1.29 is 33.1 Å². The first-order chi connectivity index (χ1) is 21.0. The Labute approximate surface area is 248 Å². The number of furan rings is 1. The molecule has 0 radical (unpaired) electrons. The van der Waals surface area contributed by atoms with Crippen LogP contribution in [0.3, 0.4) is 0 Å². The van der Waals surface area contributed by atoms with Crippen LogP contribution in [-0.4, -0.2) is 29.8 Å². The highest BCUT2D eigenvalue weighted by Gasteiger charge is 2.40. The molecule has 0 atom stereocenters. The second-order valence-electron chi connectivity index (χ2n) is 9.51. The quantitative estimate of drug-likeness (QED) is 0.145. The van der Waals surface area contributed by atoms with Crippen molar-refractivity contribution in [3.63, 3.8) is 0 Å².